The molecule has 0 bridgehead atoms. The molecule has 0 radical (unpaired) electrons. The number of ether oxygens (including phenoxy) is 3. The molecule has 0 saturated heterocycles. The third kappa shape index (κ3) is 64.1. The Balaban J connectivity index is 4.53. The van der Waals surface area contributed by atoms with Crippen LogP contribution in [0.4, 0.5) is 0 Å². The molecule has 0 aromatic carbocycles. The average Bonchev–Trinajstić information content (AvgIpc) is 3.46. The minimum atomic E-state index is -0.856. The van der Waals surface area contributed by atoms with Gasteiger partial charge >= 0.3 is 17.9 Å². The van der Waals surface area contributed by atoms with Gasteiger partial charge in [0, 0.05) is 19.3 Å². The van der Waals surface area contributed by atoms with Gasteiger partial charge in [-0.15, -0.1) is 0 Å². The number of unbranched alkanes of at least 4 members (excludes halogenated alkanes) is 23. The summed E-state index contributed by atoms with van der Waals surface area (Å²) in [5, 5.41) is 0. The highest BCUT2D eigenvalue weighted by atomic mass is 16.6. The van der Waals surface area contributed by atoms with Gasteiger partial charge in [0.1, 0.15) is 13.2 Å². The zero-order valence-electron chi connectivity index (χ0n) is 51.8. The first kappa shape index (κ1) is 75.3. The molecule has 0 fully saturated rings. The van der Waals surface area contributed by atoms with Gasteiger partial charge < -0.3 is 14.2 Å². The molecule has 0 spiro atoms. The van der Waals surface area contributed by atoms with Crippen molar-refractivity contribution in [1.82, 2.24) is 0 Å². The van der Waals surface area contributed by atoms with E-state index in [1.807, 2.05) is 24.3 Å². The Labute approximate surface area is 493 Å². The van der Waals surface area contributed by atoms with E-state index < -0.39 is 12.1 Å². The molecule has 452 valence electrons. The molecule has 0 aliphatic heterocycles. The molecule has 6 nitrogen and oxygen atoms in total. The summed E-state index contributed by atoms with van der Waals surface area (Å²) in [5.41, 5.74) is 0. The minimum absolute atomic E-state index is 0.135. The van der Waals surface area contributed by atoms with Crippen LogP contribution in [0.15, 0.2) is 146 Å². The van der Waals surface area contributed by atoms with Crippen LogP contribution in [0.1, 0.15) is 284 Å². The summed E-state index contributed by atoms with van der Waals surface area (Å²) in [6.45, 7) is 6.31. The third-order valence-corrected chi connectivity index (χ3v) is 13.6. The van der Waals surface area contributed by atoms with Crippen LogP contribution in [0.2, 0.25) is 0 Å². The Morgan fingerprint density at radius 1 is 0.263 bits per heavy atom. The summed E-state index contributed by atoms with van der Waals surface area (Å²) in [5.74, 6) is -1.11. The van der Waals surface area contributed by atoms with Crippen LogP contribution in [0, 0.1) is 0 Å². The second-order valence-electron chi connectivity index (χ2n) is 21.3. The normalized spacial score (nSPS) is 13.1. The Morgan fingerprint density at radius 3 is 0.762 bits per heavy atom. The summed E-state index contributed by atoms with van der Waals surface area (Å²) < 4.78 is 16.8. The third-order valence-electron chi connectivity index (χ3n) is 13.6. The van der Waals surface area contributed by atoms with Crippen molar-refractivity contribution in [2.45, 2.75) is 290 Å². The average molecular weight is 1110 g/mol. The van der Waals surface area contributed by atoms with Crippen molar-refractivity contribution in [2.24, 2.45) is 0 Å². The first-order chi connectivity index (χ1) is 39.5. The number of allylic oxidation sites excluding steroid dienone is 24. The van der Waals surface area contributed by atoms with Gasteiger partial charge in [-0.3, -0.25) is 14.4 Å². The molecule has 0 aromatic rings. The summed E-state index contributed by atoms with van der Waals surface area (Å²) in [7, 11) is 0. The SMILES string of the molecule is CC/C=C\C/C=C\C/C=C\C/C=C\C/C=C\C/C=C\CCC(=O)OCC(COC(=O)CCCCCCCCCCCCCCCCCCCCCCCCCC)OC(=O)CC/C=C\C/C=C\C/C=C\C/C=C\C/C=C\C/C=C\CC. The van der Waals surface area contributed by atoms with Gasteiger partial charge in [0.15, 0.2) is 6.10 Å². The lowest BCUT2D eigenvalue weighted by atomic mass is 10.0. The van der Waals surface area contributed by atoms with Crippen LogP contribution < -0.4 is 0 Å². The van der Waals surface area contributed by atoms with Gasteiger partial charge in [-0.2, -0.15) is 0 Å². The number of rotatable bonds is 58. The Bertz CT molecular complexity index is 1750. The number of esters is 3. The molecule has 0 aliphatic carbocycles. The number of carbonyl (C=O) groups excluding carboxylic acids is 3. The Morgan fingerprint density at radius 2 is 0.487 bits per heavy atom. The molecule has 0 heterocycles. The summed E-state index contributed by atoms with van der Waals surface area (Å²) >= 11 is 0. The number of carbonyl (C=O) groups is 3. The summed E-state index contributed by atoms with van der Waals surface area (Å²) in [6.07, 6.45) is 96.0. The first-order valence-corrected chi connectivity index (χ1v) is 32.8. The monoisotopic (exact) mass is 1100 g/mol. The fourth-order valence-electron chi connectivity index (χ4n) is 8.79. The van der Waals surface area contributed by atoms with Crippen molar-refractivity contribution in [3.8, 4) is 0 Å². The predicted molar refractivity (Wildman–Crippen MR) is 348 cm³/mol. The van der Waals surface area contributed by atoms with Crippen molar-refractivity contribution in [2.75, 3.05) is 13.2 Å². The molecule has 0 aromatic heterocycles. The van der Waals surface area contributed by atoms with Crippen molar-refractivity contribution < 1.29 is 28.6 Å². The number of hydrogen-bond acceptors (Lipinski definition) is 6. The van der Waals surface area contributed by atoms with Gasteiger partial charge in [-0.1, -0.05) is 314 Å². The van der Waals surface area contributed by atoms with Crippen molar-refractivity contribution in [1.29, 1.82) is 0 Å². The van der Waals surface area contributed by atoms with E-state index in [9.17, 15) is 14.4 Å². The molecule has 1 unspecified atom stereocenters. The molecule has 6 heteroatoms. The zero-order valence-corrected chi connectivity index (χ0v) is 51.8. The molecular formula is C74H120O6. The van der Waals surface area contributed by atoms with Crippen molar-refractivity contribution >= 4 is 17.9 Å². The van der Waals surface area contributed by atoms with Crippen LogP contribution in [0.5, 0.6) is 0 Å². The highest BCUT2D eigenvalue weighted by Gasteiger charge is 2.19. The van der Waals surface area contributed by atoms with E-state index in [2.05, 4.69) is 142 Å². The van der Waals surface area contributed by atoms with Crippen LogP contribution >= 0.6 is 0 Å². The lowest BCUT2D eigenvalue weighted by molar-refractivity contribution is -0.166. The van der Waals surface area contributed by atoms with E-state index in [1.165, 1.54) is 135 Å². The lowest BCUT2D eigenvalue weighted by Crippen LogP contribution is -2.30. The van der Waals surface area contributed by atoms with Crippen molar-refractivity contribution in [3.63, 3.8) is 0 Å². The van der Waals surface area contributed by atoms with E-state index in [4.69, 9.17) is 14.2 Å². The standard InChI is InChI=1S/C74H120O6/c1-4-7-10-13-16-19-22-25-28-31-34-35-36-37-38-41-43-46-49-52-55-58-61-64-67-73(76)79-70-71(80-74(77)68-65-62-59-56-53-50-47-44-40-33-30-27-24-21-18-15-12-9-6-3)69-78-72(75)66-63-60-57-54-51-48-45-42-39-32-29-26-23-20-17-14-11-8-5-2/h8-9,11-12,17-18,20-21,26-27,29-30,39-40,42,44,48,50-51,53,57,59-60,62,71H,4-7,10,13-16,19,22-25,28,31-38,41,43,45-47,49,52,54-56,58,61,63-70H2,1-3H3/b11-8-,12-9-,20-17-,21-18-,29-26-,30-27-,42-39-,44-40-,51-48-,53-50-,60-57-,62-59-. The molecule has 0 saturated carbocycles. The van der Waals surface area contributed by atoms with E-state index in [-0.39, 0.29) is 38.0 Å². The molecule has 1 atom stereocenters. The zero-order chi connectivity index (χ0) is 57.8. The smallest absolute Gasteiger partial charge is 0.306 e. The minimum Gasteiger partial charge on any atom is -0.462 e. The maximum absolute atomic E-state index is 12.9. The Kier molecular flexibility index (Phi) is 62.9. The molecular weight excluding hydrogens is 985 g/mol. The summed E-state index contributed by atoms with van der Waals surface area (Å²) in [4.78, 5) is 38.3. The maximum Gasteiger partial charge on any atom is 0.306 e. The van der Waals surface area contributed by atoms with Gasteiger partial charge in [0.25, 0.3) is 0 Å². The highest BCUT2D eigenvalue weighted by Crippen LogP contribution is 2.17. The largest absolute Gasteiger partial charge is 0.462 e. The second kappa shape index (κ2) is 66.8. The molecule has 0 N–H and O–H groups in total. The fourth-order valence-corrected chi connectivity index (χ4v) is 8.79. The van der Waals surface area contributed by atoms with Gasteiger partial charge in [0.05, 0.1) is 0 Å². The number of hydrogen-bond donors (Lipinski definition) is 0. The van der Waals surface area contributed by atoms with E-state index in [1.54, 1.807) is 0 Å². The van der Waals surface area contributed by atoms with E-state index in [0.29, 0.717) is 19.3 Å². The van der Waals surface area contributed by atoms with Gasteiger partial charge in [-0.05, 0) is 96.3 Å². The van der Waals surface area contributed by atoms with Crippen LogP contribution in [0.3, 0.4) is 0 Å². The quantitative estimate of drug-likeness (QED) is 0.0261. The Hall–Kier alpha value is -4.71. The van der Waals surface area contributed by atoms with Crippen LogP contribution in [-0.4, -0.2) is 37.2 Å². The predicted octanol–water partition coefficient (Wildman–Crippen LogP) is 22.7. The highest BCUT2D eigenvalue weighted by molar-refractivity contribution is 5.71. The summed E-state index contributed by atoms with van der Waals surface area (Å²) in [6, 6.07) is 0. The fraction of sp³-hybridized carbons (Fsp3) is 0.635. The topological polar surface area (TPSA) is 78.9 Å². The van der Waals surface area contributed by atoms with Gasteiger partial charge in [-0.25, -0.2) is 0 Å². The van der Waals surface area contributed by atoms with Gasteiger partial charge in [0.2, 0.25) is 0 Å². The molecule has 0 amide bonds. The molecule has 0 rings (SSSR count). The van der Waals surface area contributed by atoms with E-state index >= 15 is 0 Å². The van der Waals surface area contributed by atoms with Crippen LogP contribution in [-0.2, 0) is 28.6 Å². The first-order valence-electron chi connectivity index (χ1n) is 32.8. The lowest BCUT2D eigenvalue weighted by Gasteiger charge is -2.18. The second-order valence-corrected chi connectivity index (χ2v) is 21.3. The molecule has 80 heavy (non-hydrogen) atoms. The van der Waals surface area contributed by atoms with Crippen LogP contribution in [0.25, 0.3) is 0 Å². The van der Waals surface area contributed by atoms with Crippen molar-refractivity contribution in [3.05, 3.63) is 146 Å². The molecule has 0 aliphatic rings. The maximum atomic E-state index is 12.9. The van der Waals surface area contributed by atoms with E-state index in [0.717, 1.165) is 96.3 Å².